The Morgan fingerprint density at radius 3 is 1.77 bits per heavy atom. The summed E-state index contributed by atoms with van der Waals surface area (Å²) < 4.78 is 4.31. The zero-order chi connectivity index (χ0) is 16.0. The molecule has 0 bridgehead atoms. The standard InChI is InChI=1S/C12H10.C7H14O3/c1-3-7-11(8-4-1)12-9-5-2-6-10-12;1-2-3-4-5-6-10-7(8)9/h1-10H;2-6H2,1H3,(H,8,9). The molecule has 0 aliphatic rings. The van der Waals surface area contributed by atoms with E-state index in [9.17, 15) is 4.79 Å². The number of hydrogen-bond acceptors (Lipinski definition) is 2. The van der Waals surface area contributed by atoms with Gasteiger partial charge in [-0.1, -0.05) is 86.8 Å². The van der Waals surface area contributed by atoms with Crippen molar-refractivity contribution in [2.45, 2.75) is 32.6 Å². The summed E-state index contributed by atoms with van der Waals surface area (Å²) in [6.45, 7) is 2.45. The van der Waals surface area contributed by atoms with E-state index in [1.54, 1.807) is 0 Å². The van der Waals surface area contributed by atoms with Gasteiger partial charge in [0.2, 0.25) is 0 Å². The lowest BCUT2D eigenvalue weighted by Gasteiger charge is -1.98. The lowest BCUT2D eigenvalue weighted by atomic mass is 10.1. The van der Waals surface area contributed by atoms with E-state index >= 15 is 0 Å². The molecule has 2 aromatic carbocycles. The maximum absolute atomic E-state index is 9.81. The molecule has 3 nitrogen and oxygen atoms in total. The van der Waals surface area contributed by atoms with Crippen LogP contribution in [0.4, 0.5) is 4.79 Å². The van der Waals surface area contributed by atoms with E-state index in [2.05, 4.69) is 60.2 Å². The van der Waals surface area contributed by atoms with Crippen LogP contribution < -0.4 is 0 Å². The number of carboxylic acid groups (broad SMARTS) is 1. The summed E-state index contributed by atoms with van der Waals surface area (Å²) in [5, 5.41) is 8.05. The van der Waals surface area contributed by atoms with Gasteiger partial charge >= 0.3 is 6.16 Å². The van der Waals surface area contributed by atoms with Crippen LogP contribution in [0.3, 0.4) is 0 Å². The van der Waals surface area contributed by atoms with Crippen molar-refractivity contribution < 1.29 is 14.6 Å². The third-order valence-corrected chi connectivity index (χ3v) is 3.10. The van der Waals surface area contributed by atoms with E-state index in [0.717, 1.165) is 25.7 Å². The Hall–Kier alpha value is -2.29. The van der Waals surface area contributed by atoms with Crippen molar-refractivity contribution in [2.24, 2.45) is 0 Å². The third-order valence-electron chi connectivity index (χ3n) is 3.10. The molecule has 0 unspecified atom stereocenters. The first-order valence-electron chi connectivity index (χ1n) is 7.70. The van der Waals surface area contributed by atoms with Crippen LogP contribution in [0.25, 0.3) is 11.1 Å². The van der Waals surface area contributed by atoms with E-state index in [4.69, 9.17) is 5.11 Å². The summed E-state index contributed by atoms with van der Waals surface area (Å²) in [5.74, 6) is 0. The van der Waals surface area contributed by atoms with Gasteiger partial charge in [-0.15, -0.1) is 0 Å². The van der Waals surface area contributed by atoms with Crippen LogP contribution in [0.1, 0.15) is 32.6 Å². The first-order valence-corrected chi connectivity index (χ1v) is 7.70. The van der Waals surface area contributed by atoms with Crippen LogP contribution in [0.2, 0.25) is 0 Å². The SMILES string of the molecule is CCCCCCOC(=O)O.c1ccc(-c2ccccc2)cc1. The number of benzene rings is 2. The molecule has 0 radical (unpaired) electrons. The first-order chi connectivity index (χ1) is 10.7. The van der Waals surface area contributed by atoms with Gasteiger partial charge in [0.1, 0.15) is 0 Å². The molecule has 0 saturated heterocycles. The fourth-order valence-corrected chi connectivity index (χ4v) is 1.95. The van der Waals surface area contributed by atoms with Gasteiger partial charge in [0, 0.05) is 0 Å². The lowest BCUT2D eigenvalue weighted by molar-refractivity contribution is 0.0900. The van der Waals surface area contributed by atoms with E-state index in [1.165, 1.54) is 11.1 Å². The molecular weight excluding hydrogens is 276 g/mol. The van der Waals surface area contributed by atoms with Gasteiger partial charge in [0.05, 0.1) is 6.61 Å². The summed E-state index contributed by atoms with van der Waals surface area (Å²) >= 11 is 0. The Balaban J connectivity index is 0.000000225. The molecule has 0 aromatic heterocycles. The van der Waals surface area contributed by atoms with E-state index < -0.39 is 6.16 Å². The van der Waals surface area contributed by atoms with Crippen molar-refractivity contribution in [2.75, 3.05) is 6.61 Å². The molecule has 22 heavy (non-hydrogen) atoms. The molecule has 0 amide bonds. The molecule has 3 heteroatoms. The van der Waals surface area contributed by atoms with E-state index in [0.29, 0.717) is 6.61 Å². The van der Waals surface area contributed by atoms with Gasteiger partial charge in [0.15, 0.2) is 0 Å². The highest BCUT2D eigenvalue weighted by atomic mass is 16.7. The van der Waals surface area contributed by atoms with E-state index in [1.807, 2.05) is 12.1 Å². The summed E-state index contributed by atoms with van der Waals surface area (Å²) in [6, 6.07) is 20.8. The molecule has 0 aliphatic carbocycles. The highest BCUT2D eigenvalue weighted by Crippen LogP contribution is 2.17. The molecule has 0 heterocycles. The second-order valence-corrected chi connectivity index (χ2v) is 4.91. The predicted octanol–water partition coefficient (Wildman–Crippen LogP) is 5.61. The Bertz CT molecular complexity index is 471. The zero-order valence-corrected chi connectivity index (χ0v) is 13.1. The molecule has 2 aromatic rings. The normalized spacial score (nSPS) is 9.50. The van der Waals surface area contributed by atoms with Crippen molar-refractivity contribution >= 4 is 6.16 Å². The Labute approximate surface area is 132 Å². The molecule has 1 N–H and O–H groups in total. The second-order valence-electron chi connectivity index (χ2n) is 4.91. The fourth-order valence-electron chi connectivity index (χ4n) is 1.95. The van der Waals surface area contributed by atoms with Gasteiger partial charge in [-0.25, -0.2) is 4.79 Å². The van der Waals surface area contributed by atoms with Gasteiger partial charge in [0.25, 0.3) is 0 Å². The maximum atomic E-state index is 9.81. The quantitative estimate of drug-likeness (QED) is 0.556. The van der Waals surface area contributed by atoms with Crippen LogP contribution in [0, 0.1) is 0 Å². The average Bonchev–Trinajstić information content (AvgIpc) is 2.57. The molecule has 0 saturated carbocycles. The van der Waals surface area contributed by atoms with Crippen molar-refractivity contribution in [3.8, 4) is 11.1 Å². The zero-order valence-electron chi connectivity index (χ0n) is 13.1. The maximum Gasteiger partial charge on any atom is 0.505 e. The van der Waals surface area contributed by atoms with Gasteiger partial charge in [-0.3, -0.25) is 0 Å². The highest BCUT2D eigenvalue weighted by Gasteiger charge is 1.94. The number of carbonyl (C=O) groups is 1. The van der Waals surface area contributed by atoms with Crippen LogP contribution in [-0.2, 0) is 4.74 Å². The molecular formula is C19H24O3. The summed E-state index contributed by atoms with van der Waals surface area (Å²) in [5.41, 5.74) is 2.55. The Kier molecular flexibility index (Phi) is 9.19. The molecule has 2 rings (SSSR count). The number of hydrogen-bond donors (Lipinski definition) is 1. The first kappa shape index (κ1) is 17.8. The smallest absolute Gasteiger partial charge is 0.450 e. The molecule has 0 spiro atoms. The summed E-state index contributed by atoms with van der Waals surface area (Å²) in [4.78, 5) is 9.81. The van der Waals surface area contributed by atoms with Crippen LogP contribution in [0.5, 0.6) is 0 Å². The van der Waals surface area contributed by atoms with Crippen LogP contribution in [-0.4, -0.2) is 17.9 Å². The van der Waals surface area contributed by atoms with Gasteiger partial charge in [-0.2, -0.15) is 0 Å². The number of rotatable bonds is 6. The van der Waals surface area contributed by atoms with Crippen molar-refractivity contribution in [3.63, 3.8) is 0 Å². The minimum Gasteiger partial charge on any atom is -0.450 e. The van der Waals surface area contributed by atoms with Gasteiger partial charge in [-0.05, 0) is 17.5 Å². The van der Waals surface area contributed by atoms with Crippen molar-refractivity contribution in [1.29, 1.82) is 0 Å². The summed E-state index contributed by atoms with van der Waals surface area (Å²) in [6.07, 6.45) is 3.05. The van der Waals surface area contributed by atoms with Crippen LogP contribution >= 0.6 is 0 Å². The third kappa shape index (κ3) is 8.10. The number of unbranched alkanes of at least 4 members (excludes halogenated alkanes) is 3. The molecule has 0 atom stereocenters. The van der Waals surface area contributed by atoms with Crippen molar-refractivity contribution in [1.82, 2.24) is 0 Å². The minimum absolute atomic E-state index is 0.343. The summed E-state index contributed by atoms with van der Waals surface area (Å²) in [7, 11) is 0. The van der Waals surface area contributed by atoms with E-state index in [-0.39, 0.29) is 0 Å². The fraction of sp³-hybridized carbons (Fsp3) is 0.316. The lowest BCUT2D eigenvalue weighted by Crippen LogP contribution is -2.01. The Morgan fingerprint density at radius 1 is 0.864 bits per heavy atom. The molecule has 0 aliphatic heterocycles. The minimum atomic E-state index is -1.17. The van der Waals surface area contributed by atoms with Gasteiger partial charge < -0.3 is 9.84 Å². The highest BCUT2D eigenvalue weighted by molar-refractivity contribution is 5.62. The van der Waals surface area contributed by atoms with Crippen LogP contribution in [0.15, 0.2) is 60.7 Å². The average molecular weight is 300 g/mol. The molecule has 118 valence electrons. The van der Waals surface area contributed by atoms with Crippen molar-refractivity contribution in [3.05, 3.63) is 60.7 Å². The largest absolute Gasteiger partial charge is 0.505 e. The second kappa shape index (κ2) is 11.4. The predicted molar refractivity (Wildman–Crippen MR) is 90.0 cm³/mol. The molecule has 0 fully saturated rings. The number of ether oxygens (including phenoxy) is 1. The topological polar surface area (TPSA) is 46.5 Å². The Morgan fingerprint density at radius 2 is 1.36 bits per heavy atom. The monoisotopic (exact) mass is 300 g/mol.